The molecule has 0 nitrogen and oxygen atoms in total. The largest absolute Gasteiger partial charge is 0.147 e. The van der Waals surface area contributed by atoms with Crippen LogP contribution >= 0.6 is 38.6 Å². The van der Waals surface area contributed by atoms with Crippen molar-refractivity contribution in [2.75, 3.05) is 0 Å². The van der Waals surface area contributed by atoms with Gasteiger partial charge in [-0.15, -0.1) is 22.7 Å². The Balaban J connectivity index is 1.93. The van der Waals surface area contributed by atoms with E-state index in [0.717, 1.165) is 0 Å². The lowest BCUT2D eigenvalue weighted by Gasteiger charge is -2.03. The molecule has 3 rings (SSSR count). The van der Waals surface area contributed by atoms with Crippen LogP contribution in [-0.4, -0.2) is 0 Å². The third-order valence-electron chi connectivity index (χ3n) is 2.81. The van der Waals surface area contributed by atoms with Crippen molar-refractivity contribution in [2.45, 2.75) is 24.1 Å². The quantitative estimate of drug-likeness (QED) is 0.700. The summed E-state index contributed by atoms with van der Waals surface area (Å²) in [5.41, 5.74) is 1.59. The molecule has 0 bridgehead atoms. The zero-order valence-corrected chi connectivity index (χ0v) is 11.4. The van der Waals surface area contributed by atoms with Crippen LogP contribution < -0.4 is 0 Å². The highest BCUT2D eigenvalue weighted by molar-refractivity contribution is 9.09. The fourth-order valence-electron chi connectivity index (χ4n) is 2.05. The number of halogens is 1. The minimum absolute atomic E-state index is 0.410. The molecular formula is C12H11BrS2. The number of hydrogen-bond acceptors (Lipinski definition) is 2. The van der Waals surface area contributed by atoms with Crippen molar-refractivity contribution in [1.29, 1.82) is 0 Å². The number of thiophene rings is 2. The summed E-state index contributed by atoms with van der Waals surface area (Å²) in [7, 11) is 0. The van der Waals surface area contributed by atoms with E-state index in [1.807, 2.05) is 22.7 Å². The van der Waals surface area contributed by atoms with Gasteiger partial charge in [0, 0.05) is 14.6 Å². The third-order valence-corrected chi connectivity index (χ3v) is 6.64. The fraction of sp³-hybridized carbons (Fsp3) is 0.333. The molecule has 2 heterocycles. The molecule has 1 aliphatic carbocycles. The maximum atomic E-state index is 3.79. The van der Waals surface area contributed by atoms with E-state index in [9.17, 15) is 0 Å². The molecule has 1 aliphatic rings. The summed E-state index contributed by atoms with van der Waals surface area (Å²) in [4.78, 5) is 4.91. The minimum Gasteiger partial charge on any atom is -0.147 e. The van der Waals surface area contributed by atoms with Gasteiger partial charge < -0.3 is 0 Å². The Labute approximate surface area is 106 Å². The maximum absolute atomic E-state index is 3.79. The third kappa shape index (κ3) is 1.81. The Bertz CT molecular complexity index is 434. The van der Waals surface area contributed by atoms with Crippen LogP contribution in [0.5, 0.6) is 0 Å². The van der Waals surface area contributed by atoms with Crippen molar-refractivity contribution in [1.82, 2.24) is 0 Å². The van der Waals surface area contributed by atoms with Crippen molar-refractivity contribution in [3.8, 4) is 0 Å². The van der Waals surface area contributed by atoms with E-state index in [4.69, 9.17) is 0 Å². The smallest absolute Gasteiger partial charge is 0.0831 e. The summed E-state index contributed by atoms with van der Waals surface area (Å²) in [5.74, 6) is 0. The van der Waals surface area contributed by atoms with Crippen LogP contribution in [0.15, 0.2) is 23.6 Å². The van der Waals surface area contributed by atoms with E-state index in [2.05, 4.69) is 39.5 Å². The highest BCUT2D eigenvalue weighted by Crippen LogP contribution is 2.41. The van der Waals surface area contributed by atoms with Gasteiger partial charge in [0.05, 0.1) is 4.83 Å². The van der Waals surface area contributed by atoms with Crippen LogP contribution in [0.2, 0.25) is 0 Å². The Kier molecular flexibility index (Phi) is 2.71. The van der Waals surface area contributed by atoms with Crippen LogP contribution in [-0.2, 0) is 12.8 Å². The lowest BCUT2D eigenvalue weighted by molar-refractivity contribution is 0.913. The molecule has 3 heteroatoms. The van der Waals surface area contributed by atoms with Gasteiger partial charge in [0.2, 0.25) is 0 Å². The van der Waals surface area contributed by atoms with Gasteiger partial charge in [-0.3, -0.25) is 0 Å². The zero-order chi connectivity index (χ0) is 10.3. The maximum Gasteiger partial charge on any atom is 0.0831 e. The number of fused-ring (bicyclic) bond motifs is 1. The van der Waals surface area contributed by atoms with Crippen LogP contribution in [0.4, 0.5) is 0 Å². The van der Waals surface area contributed by atoms with Crippen LogP contribution in [0.25, 0.3) is 0 Å². The second-order valence-electron chi connectivity index (χ2n) is 3.83. The first-order valence-corrected chi connectivity index (χ1v) is 7.75. The van der Waals surface area contributed by atoms with Crippen LogP contribution in [0, 0.1) is 0 Å². The van der Waals surface area contributed by atoms with Gasteiger partial charge in [-0.2, -0.15) is 0 Å². The normalized spacial score (nSPS) is 16.6. The summed E-state index contributed by atoms with van der Waals surface area (Å²) in [6.45, 7) is 0. The van der Waals surface area contributed by atoms with Gasteiger partial charge in [0.1, 0.15) is 0 Å². The first kappa shape index (κ1) is 10.1. The Hall–Kier alpha value is -0.120. The monoisotopic (exact) mass is 298 g/mol. The van der Waals surface area contributed by atoms with Gasteiger partial charge in [0.25, 0.3) is 0 Å². The second kappa shape index (κ2) is 4.04. The predicted octanol–water partition coefficient (Wildman–Crippen LogP) is 4.78. The Morgan fingerprint density at radius 3 is 2.93 bits per heavy atom. The van der Waals surface area contributed by atoms with E-state index in [1.165, 1.54) is 29.0 Å². The molecule has 15 heavy (non-hydrogen) atoms. The van der Waals surface area contributed by atoms with Crippen molar-refractivity contribution < 1.29 is 0 Å². The molecule has 0 saturated carbocycles. The summed E-state index contributed by atoms with van der Waals surface area (Å²) in [6, 6.07) is 6.72. The van der Waals surface area contributed by atoms with Crippen molar-refractivity contribution >= 4 is 38.6 Å². The predicted molar refractivity (Wildman–Crippen MR) is 71.4 cm³/mol. The number of rotatable bonds is 2. The van der Waals surface area contributed by atoms with Crippen molar-refractivity contribution in [2.24, 2.45) is 0 Å². The molecule has 2 aromatic heterocycles. The van der Waals surface area contributed by atoms with Gasteiger partial charge in [-0.25, -0.2) is 0 Å². The first-order valence-electron chi connectivity index (χ1n) is 5.13. The molecule has 2 aromatic rings. The molecule has 0 N–H and O–H groups in total. The topological polar surface area (TPSA) is 0 Å². The highest BCUT2D eigenvalue weighted by Gasteiger charge is 2.19. The zero-order valence-electron chi connectivity index (χ0n) is 8.20. The van der Waals surface area contributed by atoms with Gasteiger partial charge in [0.15, 0.2) is 0 Å². The fourth-order valence-corrected chi connectivity index (χ4v) is 4.99. The molecule has 0 saturated heterocycles. The summed E-state index contributed by atoms with van der Waals surface area (Å²) in [6.07, 6.45) is 3.94. The molecule has 1 unspecified atom stereocenters. The van der Waals surface area contributed by atoms with E-state index >= 15 is 0 Å². The Morgan fingerprint density at radius 1 is 1.27 bits per heavy atom. The molecule has 0 aliphatic heterocycles. The molecule has 1 atom stereocenters. The molecule has 78 valence electrons. The van der Waals surface area contributed by atoms with Crippen LogP contribution in [0.1, 0.15) is 31.4 Å². The van der Waals surface area contributed by atoms with E-state index in [-0.39, 0.29) is 0 Å². The molecule has 0 spiro atoms. The number of hydrogen-bond donors (Lipinski definition) is 0. The first-order chi connectivity index (χ1) is 7.34. The van der Waals surface area contributed by atoms with E-state index in [1.54, 1.807) is 10.4 Å². The summed E-state index contributed by atoms with van der Waals surface area (Å²) >= 11 is 7.61. The average Bonchev–Trinajstić information content (AvgIpc) is 2.92. The van der Waals surface area contributed by atoms with E-state index < -0.39 is 0 Å². The highest BCUT2D eigenvalue weighted by atomic mass is 79.9. The molecule has 0 amide bonds. The lowest BCUT2D eigenvalue weighted by Crippen LogP contribution is -1.84. The molecule has 0 fully saturated rings. The number of aryl methyl sites for hydroxylation is 2. The van der Waals surface area contributed by atoms with Gasteiger partial charge in [-0.05, 0) is 42.3 Å². The standard InChI is InChI=1S/C12H11BrS2/c13-12(10-5-2-6-14-10)11-7-8-3-1-4-9(8)15-11/h2,5-7,12H,1,3-4H2. The van der Waals surface area contributed by atoms with Gasteiger partial charge in [-0.1, -0.05) is 22.0 Å². The SMILES string of the molecule is BrC(c1cccs1)c1cc2c(s1)CCC2. The van der Waals surface area contributed by atoms with E-state index in [0.29, 0.717) is 4.83 Å². The van der Waals surface area contributed by atoms with Gasteiger partial charge >= 0.3 is 0 Å². The van der Waals surface area contributed by atoms with Crippen molar-refractivity contribution in [3.05, 3.63) is 43.8 Å². The molecule has 0 aromatic carbocycles. The second-order valence-corrected chi connectivity index (χ2v) is 6.89. The minimum atomic E-state index is 0.410. The van der Waals surface area contributed by atoms with Crippen LogP contribution in [0.3, 0.4) is 0 Å². The Morgan fingerprint density at radius 2 is 2.20 bits per heavy atom. The summed E-state index contributed by atoms with van der Waals surface area (Å²) < 4.78 is 0. The average molecular weight is 299 g/mol. The lowest BCUT2D eigenvalue weighted by atomic mass is 10.2. The number of alkyl halides is 1. The molecular weight excluding hydrogens is 288 g/mol. The summed E-state index contributed by atoms with van der Waals surface area (Å²) in [5, 5.41) is 2.14. The van der Waals surface area contributed by atoms with Crippen molar-refractivity contribution in [3.63, 3.8) is 0 Å². The molecule has 0 radical (unpaired) electrons.